The molecule has 2 aliphatic heterocycles. The van der Waals surface area contributed by atoms with Crippen molar-refractivity contribution in [3.05, 3.63) is 156 Å². The molecule has 2 aliphatic rings. The summed E-state index contributed by atoms with van der Waals surface area (Å²) in [6.45, 7) is 5.81. The Bertz CT molecular complexity index is 1890. The van der Waals surface area contributed by atoms with Crippen LogP contribution in [0, 0.1) is 11.8 Å². The Labute approximate surface area is 294 Å². The molecule has 2 aromatic heterocycles. The SMILES string of the molecule is O=C(C=C(c1cc2ccccc2o1)C1CCN(Cc2ccccc2)CC1)C=C(c1cc2ccccc2o1)C1CCN(Cc2ccccc2)CC1. The minimum atomic E-state index is -0.00524. The van der Waals surface area contributed by atoms with Crippen molar-refractivity contribution in [1.29, 1.82) is 0 Å². The number of hydrogen-bond donors (Lipinski definition) is 0. The van der Waals surface area contributed by atoms with E-state index in [1.165, 1.54) is 11.1 Å². The van der Waals surface area contributed by atoms with Crippen molar-refractivity contribution >= 4 is 38.9 Å². The van der Waals surface area contributed by atoms with E-state index in [1.54, 1.807) is 0 Å². The summed E-state index contributed by atoms with van der Waals surface area (Å²) in [5.41, 5.74) is 6.38. The van der Waals surface area contributed by atoms with Gasteiger partial charge in [0.25, 0.3) is 0 Å². The molecule has 0 radical (unpaired) electrons. The van der Waals surface area contributed by atoms with Crippen LogP contribution in [0.2, 0.25) is 0 Å². The first-order valence-electron chi connectivity index (χ1n) is 18.1. The number of furan rings is 2. The molecule has 4 heterocycles. The van der Waals surface area contributed by atoms with Crippen LogP contribution in [0.25, 0.3) is 33.1 Å². The minimum Gasteiger partial charge on any atom is -0.456 e. The molecule has 0 saturated carbocycles. The standard InChI is InChI=1S/C45H44N2O3/c48-39(29-40(44-27-37-15-7-9-17-42(37)49-44)35-19-23-46(24-20-35)31-33-11-3-1-4-12-33)30-41(45-28-38-16-8-10-18-43(38)50-45)36-21-25-47(26-22-36)32-34-13-5-2-6-14-34/h1-18,27-30,35-36H,19-26,31-32H2. The molecule has 5 heteroatoms. The molecule has 0 amide bonds. The first-order chi connectivity index (χ1) is 24.6. The van der Waals surface area contributed by atoms with Gasteiger partial charge < -0.3 is 8.83 Å². The van der Waals surface area contributed by atoms with Crippen LogP contribution in [0.15, 0.2) is 142 Å². The zero-order valence-electron chi connectivity index (χ0n) is 28.5. The van der Waals surface area contributed by atoms with Gasteiger partial charge in [-0.2, -0.15) is 0 Å². The van der Waals surface area contributed by atoms with E-state index >= 15 is 0 Å². The molecular formula is C45H44N2O3. The summed E-state index contributed by atoms with van der Waals surface area (Å²) in [4.78, 5) is 19.3. The van der Waals surface area contributed by atoms with Crippen molar-refractivity contribution in [2.24, 2.45) is 11.8 Å². The summed E-state index contributed by atoms with van der Waals surface area (Å²) in [7, 11) is 0. The maximum atomic E-state index is 14.3. The number of fused-ring (bicyclic) bond motifs is 2. The average molecular weight is 661 g/mol. The Morgan fingerprint density at radius 2 is 0.920 bits per heavy atom. The number of likely N-dealkylation sites (tertiary alicyclic amines) is 2. The van der Waals surface area contributed by atoms with Crippen LogP contribution in [0.5, 0.6) is 0 Å². The van der Waals surface area contributed by atoms with Gasteiger partial charge in [0.15, 0.2) is 5.78 Å². The predicted molar refractivity (Wildman–Crippen MR) is 202 cm³/mol. The number of hydrogen-bond acceptors (Lipinski definition) is 5. The van der Waals surface area contributed by atoms with Crippen molar-refractivity contribution < 1.29 is 13.6 Å². The van der Waals surface area contributed by atoms with Gasteiger partial charge in [0.1, 0.15) is 22.7 Å². The highest BCUT2D eigenvalue weighted by Crippen LogP contribution is 2.38. The molecule has 2 fully saturated rings. The summed E-state index contributed by atoms with van der Waals surface area (Å²) in [6.07, 6.45) is 7.63. The number of allylic oxidation sites excluding steroid dienone is 4. The Morgan fingerprint density at radius 1 is 0.540 bits per heavy atom. The second-order valence-electron chi connectivity index (χ2n) is 14.0. The largest absolute Gasteiger partial charge is 0.456 e. The highest BCUT2D eigenvalue weighted by atomic mass is 16.3. The molecule has 2 saturated heterocycles. The molecule has 4 aromatic carbocycles. The fraction of sp³-hybridized carbons (Fsp3) is 0.267. The van der Waals surface area contributed by atoms with Gasteiger partial charge in [0.05, 0.1) is 0 Å². The average Bonchev–Trinajstić information content (AvgIpc) is 3.79. The lowest BCUT2D eigenvalue weighted by molar-refractivity contribution is -0.110. The number of para-hydroxylation sites is 2. The normalized spacial score (nSPS) is 17.5. The molecular weight excluding hydrogens is 617 g/mol. The van der Waals surface area contributed by atoms with Crippen molar-refractivity contribution in [2.45, 2.75) is 38.8 Å². The highest BCUT2D eigenvalue weighted by molar-refractivity contribution is 6.08. The monoisotopic (exact) mass is 660 g/mol. The van der Waals surface area contributed by atoms with Gasteiger partial charge in [-0.3, -0.25) is 14.6 Å². The molecule has 5 nitrogen and oxygen atoms in total. The number of piperidine rings is 2. The molecule has 8 rings (SSSR count). The first kappa shape index (κ1) is 32.2. The molecule has 0 bridgehead atoms. The van der Waals surface area contributed by atoms with Crippen LogP contribution in [-0.4, -0.2) is 41.8 Å². The first-order valence-corrected chi connectivity index (χ1v) is 18.1. The number of ketones is 1. The third-order valence-electron chi connectivity index (χ3n) is 10.6. The van der Waals surface area contributed by atoms with E-state index in [1.807, 2.05) is 48.6 Å². The van der Waals surface area contributed by atoms with E-state index in [0.717, 1.165) is 110 Å². The molecule has 6 aromatic rings. The van der Waals surface area contributed by atoms with Gasteiger partial charge >= 0.3 is 0 Å². The Kier molecular flexibility index (Phi) is 9.59. The van der Waals surface area contributed by atoms with E-state index in [4.69, 9.17) is 8.83 Å². The van der Waals surface area contributed by atoms with Crippen LogP contribution < -0.4 is 0 Å². The fourth-order valence-electron chi connectivity index (χ4n) is 7.86. The number of carbonyl (C=O) groups is 1. The van der Waals surface area contributed by atoms with Crippen LogP contribution in [0.4, 0.5) is 0 Å². The topological polar surface area (TPSA) is 49.8 Å². The molecule has 0 atom stereocenters. The summed E-state index contributed by atoms with van der Waals surface area (Å²) in [6, 6.07) is 41.8. The van der Waals surface area contributed by atoms with Gasteiger partial charge in [0.2, 0.25) is 0 Å². The van der Waals surface area contributed by atoms with Crippen LogP contribution in [-0.2, 0) is 17.9 Å². The molecule has 0 spiro atoms. The molecule has 0 aliphatic carbocycles. The number of benzene rings is 4. The highest BCUT2D eigenvalue weighted by Gasteiger charge is 2.28. The van der Waals surface area contributed by atoms with Crippen molar-refractivity contribution in [3.63, 3.8) is 0 Å². The van der Waals surface area contributed by atoms with Crippen molar-refractivity contribution in [1.82, 2.24) is 9.80 Å². The maximum Gasteiger partial charge on any atom is 0.179 e. The van der Waals surface area contributed by atoms with Crippen molar-refractivity contribution in [3.8, 4) is 0 Å². The van der Waals surface area contributed by atoms with E-state index in [2.05, 4.69) is 94.7 Å². The van der Waals surface area contributed by atoms with Gasteiger partial charge in [0, 0.05) is 35.0 Å². The smallest absolute Gasteiger partial charge is 0.179 e. The van der Waals surface area contributed by atoms with Crippen LogP contribution >= 0.6 is 0 Å². The second kappa shape index (κ2) is 14.9. The zero-order valence-corrected chi connectivity index (χ0v) is 28.5. The van der Waals surface area contributed by atoms with Gasteiger partial charge in [-0.05, 0) is 111 Å². The summed E-state index contributed by atoms with van der Waals surface area (Å²) >= 11 is 0. The lowest BCUT2D eigenvalue weighted by atomic mass is 9.85. The van der Waals surface area contributed by atoms with E-state index < -0.39 is 0 Å². The summed E-state index contributed by atoms with van der Waals surface area (Å²) < 4.78 is 12.9. The minimum absolute atomic E-state index is 0.00524. The lowest BCUT2D eigenvalue weighted by Gasteiger charge is -2.33. The van der Waals surface area contributed by atoms with Crippen LogP contribution in [0.3, 0.4) is 0 Å². The van der Waals surface area contributed by atoms with E-state index in [0.29, 0.717) is 0 Å². The number of rotatable bonds is 10. The van der Waals surface area contributed by atoms with Gasteiger partial charge in [-0.1, -0.05) is 97.1 Å². The maximum absolute atomic E-state index is 14.3. The predicted octanol–water partition coefficient (Wildman–Crippen LogP) is 10.0. The molecule has 50 heavy (non-hydrogen) atoms. The summed E-state index contributed by atoms with van der Waals surface area (Å²) in [5.74, 6) is 2.06. The molecule has 0 unspecified atom stereocenters. The quantitative estimate of drug-likeness (QED) is 0.137. The van der Waals surface area contributed by atoms with Crippen LogP contribution in [0.1, 0.15) is 48.3 Å². The van der Waals surface area contributed by atoms with Crippen molar-refractivity contribution in [2.75, 3.05) is 26.2 Å². The zero-order chi connectivity index (χ0) is 33.7. The third kappa shape index (κ3) is 7.45. The van der Waals surface area contributed by atoms with E-state index in [-0.39, 0.29) is 17.6 Å². The van der Waals surface area contributed by atoms with E-state index in [9.17, 15) is 4.79 Å². The molecule has 252 valence electrons. The number of nitrogens with zero attached hydrogens (tertiary/aromatic N) is 2. The fourth-order valence-corrected chi connectivity index (χ4v) is 7.86. The Balaban J connectivity index is 1.08. The lowest BCUT2D eigenvalue weighted by Crippen LogP contribution is -2.33. The summed E-state index contributed by atoms with van der Waals surface area (Å²) in [5, 5.41) is 2.12. The number of carbonyl (C=O) groups excluding carboxylic acids is 1. The second-order valence-corrected chi connectivity index (χ2v) is 14.0. The van der Waals surface area contributed by atoms with Gasteiger partial charge in [-0.25, -0.2) is 0 Å². The molecule has 0 N–H and O–H groups in total. The third-order valence-corrected chi connectivity index (χ3v) is 10.6. The Morgan fingerprint density at radius 3 is 1.32 bits per heavy atom. The Hall–Kier alpha value is -4.97. The van der Waals surface area contributed by atoms with Gasteiger partial charge in [-0.15, -0.1) is 0 Å².